The monoisotopic (exact) mass is 236 g/mol. The van der Waals surface area contributed by atoms with Crippen LogP contribution in [0.4, 0.5) is 0 Å². The Bertz CT molecular complexity index is 269. The van der Waals surface area contributed by atoms with Crippen LogP contribution in [0.2, 0.25) is 0 Å². The summed E-state index contributed by atoms with van der Waals surface area (Å²) in [5, 5.41) is 0. The quantitative estimate of drug-likeness (QED) is 0.366. The number of piperidine rings is 1. The second-order valence-corrected chi connectivity index (χ2v) is 6.19. The fraction of sp³-hybridized carbons (Fsp3) is 0.750. The van der Waals surface area contributed by atoms with Gasteiger partial charge in [0.25, 0.3) is 0 Å². The van der Waals surface area contributed by atoms with E-state index in [2.05, 4.69) is 33.6 Å². The summed E-state index contributed by atoms with van der Waals surface area (Å²) in [4.78, 5) is 0. The number of likely N-dealkylation sites (tertiary alicyclic amines) is 1. The largest absolute Gasteiger partial charge is 0.323 e. The van der Waals surface area contributed by atoms with Gasteiger partial charge >= 0.3 is 0 Å². The van der Waals surface area contributed by atoms with Crippen LogP contribution in [0.15, 0.2) is 23.8 Å². The van der Waals surface area contributed by atoms with Crippen LogP contribution in [-0.4, -0.2) is 31.2 Å². The maximum Gasteiger partial charge on any atom is 0.0998 e. The van der Waals surface area contributed by atoms with Gasteiger partial charge in [-0.2, -0.15) is 0 Å². The van der Waals surface area contributed by atoms with Crippen LogP contribution in [0.3, 0.4) is 0 Å². The molecule has 1 heteroatoms. The first-order chi connectivity index (χ1) is 8.02. The molecule has 1 aliphatic heterocycles. The van der Waals surface area contributed by atoms with Crippen molar-refractivity contribution in [3.05, 3.63) is 23.8 Å². The van der Waals surface area contributed by atoms with Crippen molar-refractivity contribution in [1.29, 1.82) is 0 Å². The molecule has 1 rings (SSSR count). The van der Waals surface area contributed by atoms with Gasteiger partial charge in [0, 0.05) is 0 Å². The number of allylic oxidation sites excluding steroid dienone is 2. The molecule has 0 aliphatic carbocycles. The molecule has 0 saturated carbocycles. The Hall–Kier alpha value is -0.560. The first-order valence-corrected chi connectivity index (χ1v) is 7.15. The van der Waals surface area contributed by atoms with E-state index in [0.29, 0.717) is 0 Å². The van der Waals surface area contributed by atoms with E-state index in [-0.39, 0.29) is 0 Å². The lowest BCUT2D eigenvalue weighted by atomic mass is 10.1. The smallest absolute Gasteiger partial charge is 0.0998 e. The Kier molecular flexibility index (Phi) is 5.97. The van der Waals surface area contributed by atoms with Crippen LogP contribution in [0.1, 0.15) is 52.4 Å². The molecule has 1 heterocycles. The minimum Gasteiger partial charge on any atom is -0.323 e. The fourth-order valence-corrected chi connectivity index (χ4v) is 2.85. The van der Waals surface area contributed by atoms with E-state index in [0.717, 1.165) is 0 Å². The highest BCUT2D eigenvalue weighted by Crippen LogP contribution is 2.18. The summed E-state index contributed by atoms with van der Waals surface area (Å²) in [6.45, 7) is 12.4. The molecule has 0 N–H and O–H groups in total. The SMILES string of the molecule is C=C(C)CCC/C=C(\C)C[N+]1(C)CCCCC1. The van der Waals surface area contributed by atoms with Crippen LogP contribution < -0.4 is 0 Å². The lowest BCUT2D eigenvalue weighted by Gasteiger charge is -2.38. The summed E-state index contributed by atoms with van der Waals surface area (Å²) >= 11 is 0. The fourth-order valence-electron chi connectivity index (χ4n) is 2.85. The summed E-state index contributed by atoms with van der Waals surface area (Å²) in [6.07, 6.45) is 10.4. The molecule has 0 aromatic heterocycles. The highest BCUT2D eigenvalue weighted by molar-refractivity contribution is 4.99. The number of rotatable bonds is 6. The van der Waals surface area contributed by atoms with Crippen LogP contribution in [-0.2, 0) is 0 Å². The van der Waals surface area contributed by atoms with Gasteiger partial charge in [-0.1, -0.05) is 11.6 Å². The third kappa shape index (κ3) is 6.07. The van der Waals surface area contributed by atoms with Crippen molar-refractivity contribution in [2.75, 3.05) is 26.7 Å². The van der Waals surface area contributed by atoms with Crippen molar-refractivity contribution < 1.29 is 4.48 Å². The minimum atomic E-state index is 1.18. The Balaban J connectivity index is 2.29. The second-order valence-electron chi connectivity index (χ2n) is 6.19. The maximum atomic E-state index is 3.95. The van der Waals surface area contributed by atoms with Crippen molar-refractivity contribution in [2.24, 2.45) is 0 Å². The molecule has 0 amide bonds. The predicted octanol–water partition coefficient (Wildman–Crippen LogP) is 4.31. The zero-order valence-electron chi connectivity index (χ0n) is 12.1. The van der Waals surface area contributed by atoms with Gasteiger partial charge in [-0.3, -0.25) is 0 Å². The van der Waals surface area contributed by atoms with Crippen molar-refractivity contribution in [2.45, 2.75) is 52.4 Å². The van der Waals surface area contributed by atoms with Crippen LogP contribution in [0.5, 0.6) is 0 Å². The zero-order chi connectivity index (χ0) is 12.7. The normalized spacial score (nSPS) is 20.3. The molecular formula is C16H30N+. The van der Waals surface area contributed by atoms with E-state index in [1.165, 1.54) is 68.2 Å². The molecule has 1 saturated heterocycles. The summed E-state index contributed by atoms with van der Waals surface area (Å²) in [7, 11) is 2.42. The minimum absolute atomic E-state index is 1.18. The number of quaternary nitrogens is 1. The molecular weight excluding hydrogens is 206 g/mol. The molecule has 0 aromatic carbocycles. The predicted molar refractivity (Wildman–Crippen MR) is 77.1 cm³/mol. The van der Waals surface area contributed by atoms with Gasteiger partial charge in [0.1, 0.15) is 0 Å². The van der Waals surface area contributed by atoms with Crippen LogP contribution >= 0.6 is 0 Å². The van der Waals surface area contributed by atoms with Crippen molar-refractivity contribution in [1.82, 2.24) is 0 Å². The molecule has 0 spiro atoms. The molecule has 98 valence electrons. The molecule has 1 nitrogen and oxygen atoms in total. The van der Waals surface area contributed by atoms with Gasteiger partial charge < -0.3 is 4.48 Å². The van der Waals surface area contributed by atoms with Crippen molar-refractivity contribution >= 4 is 0 Å². The Labute approximate surface area is 108 Å². The average Bonchev–Trinajstić information content (AvgIpc) is 2.24. The lowest BCUT2D eigenvalue weighted by molar-refractivity contribution is -0.909. The highest BCUT2D eigenvalue weighted by atomic mass is 15.3. The molecule has 1 fully saturated rings. The van der Waals surface area contributed by atoms with Gasteiger partial charge in [0.2, 0.25) is 0 Å². The third-order valence-corrected chi connectivity index (χ3v) is 3.83. The molecule has 0 atom stereocenters. The van der Waals surface area contributed by atoms with E-state index in [9.17, 15) is 0 Å². The van der Waals surface area contributed by atoms with Gasteiger partial charge in [-0.05, 0) is 57.9 Å². The van der Waals surface area contributed by atoms with Gasteiger partial charge in [0.15, 0.2) is 0 Å². The zero-order valence-corrected chi connectivity index (χ0v) is 12.1. The Morgan fingerprint density at radius 1 is 1.18 bits per heavy atom. The maximum absolute atomic E-state index is 3.95. The van der Waals surface area contributed by atoms with Crippen LogP contribution in [0.25, 0.3) is 0 Å². The number of likely N-dealkylation sites (N-methyl/N-ethyl adjacent to an activating group) is 1. The molecule has 0 bridgehead atoms. The third-order valence-electron chi connectivity index (χ3n) is 3.83. The second kappa shape index (κ2) is 7.00. The summed E-state index contributed by atoms with van der Waals surface area (Å²) in [5.41, 5.74) is 2.89. The van der Waals surface area contributed by atoms with Crippen LogP contribution in [0, 0.1) is 0 Å². The molecule has 17 heavy (non-hydrogen) atoms. The van der Waals surface area contributed by atoms with E-state index < -0.39 is 0 Å². The van der Waals surface area contributed by atoms with Gasteiger partial charge in [-0.15, -0.1) is 6.58 Å². The van der Waals surface area contributed by atoms with E-state index >= 15 is 0 Å². The number of hydrogen-bond donors (Lipinski definition) is 0. The Morgan fingerprint density at radius 3 is 2.41 bits per heavy atom. The molecule has 0 unspecified atom stereocenters. The highest BCUT2D eigenvalue weighted by Gasteiger charge is 2.24. The first kappa shape index (κ1) is 14.5. The van der Waals surface area contributed by atoms with Crippen molar-refractivity contribution in [3.8, 4) is 0 Å². The number of unbranched alkanes of at least 4 members (excludes halogenated alkanes) is 1. The summed E-state index contributed by atoms with van der Waals surface area (Å²) in [6, 6.07) is 0. The first-order valence-electron chi connectivity index (χ1n) is 7.15. The summed E-state index contributed by atoms with van der Waals surface area (Å²) in [5.74, 6) is 0. The van der Waals surface area contributed by atoms with E-state index in [1.54, 1.807) is 5.57 Å². The van der Waals surface area contributed by atoms with Gasteiger partial charge in [0.05, 0.1) is 26.7 Å². The number of hydrogen-bond acceptors (Lipinski definition) is 0. The van der Waals surface area contributed by atoms with E-state index in [1.807, 2.05) is 0 Å². The Morgan fingerprint density at radius 2 is 1.82 bits per heavy atom. The standard InChI is InChI=1S/C16H30N/c1-15(2)10-6-7-11-16(3)14-17(4)12-8-5-9-13-17/h11H,1,5-10,12-14H2,2-4H3/q+1/b16-11+. The van der Waals surface area contributed by atoms with E-state index in [4.69, 9.17) is 0 Å². The summed E-state index contributed by atoms with van der Waals surface area (Å²) < 4.78 is 1.27. The number of nitrogens with zero attached hydrogens (tertiary/aromatic N) is 1. The molecule has 0 radical (unpaired) electrons. The lowest BCUT2D eigenvalue weighted by Crippen LogP contribution is -2.48. The van der Waals surface area contributed by atoms with Gasteiger partial charge in [-0.25, -0.2) is 0 Å². The molecule has 1 aliphatic rings. The van der Waals surface area contributed by atoms with Crippen molar-refractivity contribution in [3.63, 3.8) is 0 Å². The average molecular weight is 236 g/mol. The topological polar surface area (TPSA) is 0 Å². The molecule has 0 aromatic rings.